The van der Waals surface area contributed by atoms with Gasteiger partial charge in [-0.05, 0) is 22.4 Å². The number of thiophene rings is 1. The summed E-state index contributed by atoms with van der Waals surface area (Å²) in [6.45, 7) is 11.2. The summed E-state index contributed by atoms with van der Waals surface area (Å²) in [6, 6.07) is 10.5. The fourth-order valence-electron chi connectivity index (χ4n) is 3.01. The summed E-state index contributed by atoms with van der Waals surface area (Å²) in [5.74, 6) is -0.298. The molecule has 0 spiro atoms. The van der Waals surface area contributed by atoms with Crippen molar-refractivity contribution >= 4 is 28.2 Å². The van der Waals surface area contributed by atoms with E-state index in [-0.39, 0.29) is 23.9 Å². The number of nitrogens with two attached hydrogens (primary N) is 2. The predicted molar refractivity (Wildman–Crippen MR) is 111 cm³/mol. The van der Waals surface area contributed by atoms with Crippen molar-refractivity contribution < 1.29 is 14.9 Å². The van der Waals surface area contributed by atoms with E-state index < -0.39 is 5.91 Å². The van der Waals surface area contributed by atoms with E-state index >= 15 is 0 Å². The summed E-state index contributed by atoms with van der Waals surface area (Å²) in [7, 11) is 0. The van der Waals surface area contributed by atoms with Gasteiger partial charge in [-0.25, -0.2) is 0 Å². The van der Waals surface area contributed by atoms with Crippen LogP contribution < -0.4 is 16.4 Å². The number of carbonyl (C=O) groups excluding carboxylic acids is 2. The number of rotatable bonds is 7. The van der Waals surface area contributed by atoms with Crippen molar-refractivity contribution in [3.63, 3.8) is 0 Å². The Labute approximate surface area is 165 Å². The summed E-state index contributed by atoms with van der Waals surface area (Å²) >= 11 is 1.30. The van der Waals surface area contributed by atoms with Gasteiger partial charge in [-0.1, -0.05) is 58.9 Å². The lowest BCUT2D eigenvalue weighted by Gasteiger charge is -2.22. The highest BCUT2D eigenvalue weighted by molar-refractivity contribution is 7.14. The van der Waals surface area contributed by atoms with Crippen LogP contribution in [-0.4, -0.2) is 18.4 Å². The summed E-state index contributed by atoms with van der Waals surface area (Å²) < 4.78 is 0. The van der Waals surface area contributed by atoms with Crippen molar-refractivity contribution in [2.75, 3.05) is 11.9 Å². The van der Waals surface area contributed by atoms with E-state index in [1.807, 2.05) is 5.32 Å². The van der Waals surface area contributed by atoms with Gasteiger partial charge in [-0.2, -0.15) is 0 Å². The zero-order valence-electron chi connectivity index (χ0n) is 16.7. The average Bonchev–Trinajstić information content (AvgIpc) is 3.02. The second-order valence-corrected chi connectivity index (χ2v) is 9.07. The molecule has 1 aromatic carbocycles. The van der Waals surface area contributed by atoms with Crippen molar-refractivity contribution in [1.82, 2.24) is 0 Å². The molecule has 1 heterocycles. The van der Waals surface area contributed by atoms with E-state index in [1.54, 1.807) is 11.4 Å². The molecule has 2 rings (SSSR count). The number of benzene rings is 1. The fourth-order valence-corrected chi connectivity index (χ4v) is 3.82. The Morgan fingerprint density at radius 2 is 1.78 bits per heavy atom. The number of amides is 2. The largest absolute Gasteiger partial charge is 0.366 e. The van der Waals surface area contributed by atoms with Crippen LogP contribution in [0.25, 0.3) is 0 Å². The highest BCUT2D eigenvalue weighted by atomic mass is 32.1. The van der Waals surface area contributed by atoms with E-state index in [0.717, 1.165) is 0 Å². The molecule has 27 heavy (non-hydrogen) atoms. The lowest BCUT2D eigenvalue weighted by molar-refractivity contribution is -0.692. The SMILES string of the molecule is CC(C)[C@@H]([NH2+]CC(=O)Nc1sccc1C(N)=O)c1ccc(C(C)(C)C)cc1. The smallest absolute Gasteiger partial charge is 0.280 e. The monoisotopic (exact) mass is 388 g/mol. The van der Waals surface area contributed by atoms with Crippen molar-refractivity contribution in [3.05, 3.63) is 52.4 Å². The number of quaternary nitrogens is 1. The Kier molecular flexibility index (Phi) is 6.78. The standard InChI is InChI=1S/C21H29N3O2S/c1-13(2)18(14-6-8-15(9-7-14)21(3,4)5)23-12-17(25)24-20-16(19(22)26)10-11-27-20/h6-11,13,18,23H,12H2,1-5H3,(H2,22,26)(H,24,25)/p+1/t18-/m1/s1. The highest BCUT2D eigenvalue weighted by Gasteiger charge is 2.22. The number of carbonyl (C=O) groups is 2. The maximum absolute atomic E-state index is 12.3. The first-order valence-corrected chi connectivity index (χ1v) is 10.1. The van der Waals surface area contributed by atoms with Crippen LogP contribution in [0, 0.1) is 5.92 Å². The molecule has 1 atom stereocenters. The third-order valence-electron chi connectivity index (χ3n) is 4.62. The number of nitrogens with one attached hydrogen (secondary N) is 1. The minimum Gasteiger partial charge on any atom is -0.366 e. The Hall–Kier alpha value is -2.18. The molecule has 2 amide bonds. The second kappa shape index (κ2) is 8.67. The fraction of sp³-hybridized carbons (Fsp3) is 0.429. The molecule has 146 valence electrons. The molecule has 0 bridgehead atoms. The van der Waals surface area contributed by atoms with E-state index in [4.69, 9.17) is 5.73 Å². The van der Waals surface area contributed by atoms with Gasteiger partial charge in [0.25, 0.3) is 11.8 Å². The van der Waals surface area contributed by atoms with Gasteiger partial charge in [0.15, 0.2) is 6.54 Å². The molecule has 5 N–H and O–H groups in total. The summed E-state index contributed by atoms with van der Waals surface area (Å²) in [5.41, 5.74) is 8.30. The third kappa shape index (κ3) is 5.65. The maximum Gasteiger partial charge on any atom is 0.280 e. The van der Waals surface area contributed by atoms with E-state index in [9.17, 15) is 9.59 Å². The Bertz CT molecular complexity index is 789. The third-order valence-corrected chi connectivity index (χ3v) is 5.45. The Morgan fingerprint density at radius 3 is 2.30 bits per heavy atom. The minimum absolute atomic E-state index is 0.119. The van der Waals surface area contributed by atoms with Crippen LogP contribution >= 0.6 is 11.3 Å². The van der Waals surface area contributed by atoms with Crippen LogP contribution in [0.15, 0.2) is 35.7 Å². The van der Waals surface area contributed by atoms with Gasteiger partial charge in [0.05, 0.1) is 5.56 Å². The summed E-state index contributed by atoms with van der Waals surface area (Å²) in [5, 5.41) is 7.09. The highest BCUT2D eigenvalue weighted by Crippen LogP contribution is 2.25. The quantitative estimate of drug-likeness (QED) is 0.681. The Balaban J connectivity index is 2.03. The number of hydrogen-bond donors (Lipinski definition) is 3. The summed E-state index contributed by atoms with van der Waals surface area (Å²) in [4.78, 5) is 23.7. The lowest BCUT2D eigenvalue weighted by Crippen LogP contribution is -2.88. The van der Waals surface area contributed by atoms with Gasteiger partial charge in [0.1, 0.15) is 11.0 Å². The van der Waals surface area contributed by atoms with Crippen LogP contribution in [0.2, 0.25) is 0 Å². The number of hydrogen-bond acceptors (Lipinski definition) is 3. The summed E-state index contributed by atoms with van der Waals surface area (Å²) in [6.07, 6.45) is 0. The normalized spacial score (nSPS) is 12.8. The molecule has 6 heteroatoms. The minimum atomic E-state index is -0.533. The van der Waals surface area contributed by atoms with Crippen LogP contribution in [0.5, 0.6) is 0 Å². The van der Waals surface area contributed by atoms with Crippen molar-refractivity contribution in [1.29, 1.82) is 0 Å². The van der Waals surface area contributed by atoms with Crippen LogP contribution in [0.1, 0.15) is 62.1 Å². The van der Waals surface area contributed by atoms with Gasteiger partial charge in [0.2, 0.25) is 0 Å². The van der Waals surface area contributed by atoms with Gasteiger partial charge < -0.3 is 16.4 Å². The first kappa shape index (κ1) is 21.1. The second-order valence-electron chi connectivity index (χ2n) is 8.16. The number of primary amides is 1. The van der Waals surface area contributed by atoms with E-state index in [0.29, 0.717) is 16.5 Å². The zero-order valence-corrected chi connectivity index (χ0v) is 17.5. The van der Waals surface area contributed by atoms with Crippen molar-refractivity contribution in [2.24, 2.45) is 11.7 Å². The van der Waals surface area contributed by atoms with Crippen LogP contribution in [-0.2, 0) is 10.2 Å². The molecular formula is C21H30N3O2S+. The molecule has 0 fully saturated rings. The predicted octanol–water partition coefficient (Wildman–Crippen LogP) is 3.04. The molecule has 0 unspecified atom stereocenters. The van der Waals surface area contributed by atoms with E-state index in [1.165, 1.54) is 22.5 Å². The molecule has 2 aromatic rings. The van der Waals surface area contributed by atoms with Crippen molar-refractivity contribution in [3.8, 4) is 0 Å². The maximum atomic E-state index is 12.3. The van der Waals surface area contributed by atoms with E-state index in [2.05, 4.69) is 64.2 Å². The van der Waals surface area contributed by atoms with Gasteiger partial charge in [0, 0.05) is 11.5 Å². The molecule has 0 aliphatic heterocycles. The molecule has 0 radical (unpaired) electrons. The molecule has 0 aliphatic rings. The van der Waals surface area contributed by atoms with Crippen LogP contribution in [0.3, 0.4) is 0 Å². The first-order valence-electron chi connectivity index (χ1n) is 9.20. The topological polar surface area (TPSA) is 88.8 Å². The Morgan fingerprint density at radius 1 is 1.15 bits per heavy atom. The molecular weight excluding hydrogens is 358 g/mol. The molecule has 0 saturated heterocycles. The first-order chi connectivity index (χ1) is 12.6. The van der Waals surface area contributed by atoms with Gasteiger partial charge >= 0.3 is 0 Å². The van der Waals surface area contributed by atoms with Gasteiger partial charge in [-0.3, -0.25) is 9.59 Å². The molecule has 0 saturated carbocycles. The van der Waals surface area contributed by atoms with Gasteiger partial charge in [-0.15, -0.1) is 11.3 Å². The lowest BCUT2D eigenvalue weighted by atomic mass is 9.85. The molecule has 5 nitrogen and oxygen atoms in total. The molecule has 0 aliphatic carbocycles. The number of anilines is 1. The van der Waals surface area contributed by atoms with Crippen molar-refractivity contribution in [2.45, 2.75) is 46.1 Å². The van der Waals surface area contributed by atoms with Crippen LogP contribution in [0.4, 0.5) is 5.00 Å². The average molecular weight is 389 g/mol. The zero-order chi connectivity index (χ0) is 20.2. The molecule has 1 aromatic heterocycles.